The molecule has 0 unspecified atom stereocenters. The molecule has 0 bridgehead atoms. The molecule has 0 aliphatic carbocycles. The van der Waals surface area contributed by atoms with Crippen LogP contribution in [0.2, 0.25) is 0 Å². The maximum Gasteiger partial charge on any atom is 0.288 e. The van der Waals surface area contributed by atoms with Crippen LogP contribution in [0.5, 0.6) is 0 Å². The van der Waals surface area contributed by atoms with Crippen molar-refractivity contribution < 1.29 is 14.1 Å². The van der Waals surface area contributed by atoms with Crippen LogP contribution in [0.3, 0.4) is 0 Å². The average molecular weight is 433 g/mol. The van der Waals surface area contributed by atoms with Gasteiger partial charge in [0.05, 0.1) is 16.8 Å². The summed E-state index contributed by atoms with van der Waals surface area (Å²) < 4.78 is 5.20. The second-order valence-electron chi connectivity index (χ2n) is 6.88. The maximum absolute atomic E-state index is 12.7. The van der Waals surface area contributed by atoms with E-state index >= 15 is 0 Å². The number of thioether (sulfide) groups is 1. The van der Waals surface area contributed by atoms with Crippen molar-refractivity contribution in [3.63, 3.8) is 0 Å². The summed E-state index contributed by atoms with van der Waals surface area (Å²) in [7, 11) is 0. The van der Waals surface area contributed by atoms with Crippen LogP contribution < -0.4 is 10.9 Å². The molecule has 4 aromatic rings. The lowest BCUT2D eigenvalue weighted by molar-refractivity contribution is 0.0842. The summed E-state index contributed by atoms with van der Waals surface area (Å²) in [5.74, 6) is 0.497. The van der Waals surface area contributed by atoms with E-state index in [1.54, 1.807) is 18.2 Å². The van der Waals surface area contributed by atoms with Crippen LogP contribution in [0.25, 0.3) is 10.9 Å². The van der Waals surface area contributed by atoms with Gasteiger partial charge in [-0.3, -0.25) is 20.4 Å². The monoisotopic (exact) mass is 432 g/mol. The molecule has 156 valence electrons. The molecule has 0 atom stereocenters. The lowest BCUT2D eigenvalue weighted by Gasteiger charge is -2.11. The highest BCUT2D eigenvalue weighted by Crippen LogP contribution is 2.28. The molecule has 0 spiro atoms. The first-order chi connectivity index (χ1) is 15.0. The molecule has 0 aliphatic heterocycles. The molecular weight excluding hydrogens is 412 g/mol. The number of fused-ring (bicyclic) bond motifs is 1. The third kappa shape index (κ3) is 4.59. The van der Waals surface area contributed by atoms with Crippen LogP contribution in [-0.2, 0) is 5.75 Å². The molecule has 2 amide bonds. The Bertz CT molecular complexity index is 1250. The van der Waals surface area contributed by atoms with Gasteiger partial charge in [-0.15, -0.1) is 11.8 Å². The Morgan fingerprint density at radius 1 is 0.935 bits per heavy atom. The molecule has 4 rings (SSSR count). The van der Waals surface area contributed by atoms with E-state index in [1.807, 2.05) is 56.3 Å². The predicted octanol–water partition coefficient (Wildman–Crippen LogP) is 4.21. The normalized spacial score (nSPS) is 10.8. The SMILES string of the molecule is Cc1noc(C)c1CSc1ccccc1C(=O)NNC(=O)c1ccc2ccccc2n1. The van der Waals surface area contributed by atoms with Gasteiger partial charge in [0.1, 0.15) is 11.5 Å². The molecule has 0 aliphatic rings. The molecular formula is C23H20N4O3S. The van der Waals surface area contributed by atoms with Crippen LogP contribution in [-0.4, -0.2) is 22.0 Å². The van der Waals surface area contributed by atoms with Gasteiger partial charge in [0, 0.05) is 21.6 Å². The van der Waals surface area contributed by atoms with E-state index in [2.05, 4.69) is 21.0 Å². The Hall–Kier alpha value is -3.65. The number of carbonyl (C=O) groups excluding carboxylic acids is 2. The number of hydrogen-bond donors (Lipinski definition) is 2. The highest BCUT2D eigenvalue weighted by Gasteiger charge is 2.16. The first-order valence-corrected chi connectivity index (χ1v) is 10.6. The zero-order chi connectivity index (χ0) is 21.8. The Kier molecular flexibility index (Phi) is 5.99. The average Bonchev–Trinajstić information content (AvgIpc) is 3.12. The van der Waals surface area contributed by atoms with E-state index in [0.717, 1.165) is 27.3 Å². The number of rotatable bonds is 5. The molecule has 31 heavy (non-hydrogen) atoms. The largest absolute Gasteiger partial charge is 0.361 e. The Morgan fingerprint density at radius 2 is 1.68 bits per heavy atom. The summed E-state index contributed by atoms with van der Waals surface area (Å²) in [4.78, 5) is 30.3. The van der Waals surface area contributed by atoms with E-state index in [4.69, 9.17) is 4.52 Å². The molecule has 0 saturated heterocycles. The van der Waals surface area contributed by atoms with Crippen LogP contribution >= 0.6 is 11.8 Å². The summed E-state index contributed by atoms with van der Waals surface area (Å²) in [6.07, 6.45) is 0. The third-order valence-electron chi connectivity index (χ3n) is 4.81. The van der Waals surface area contributed by atoms with Crippen molar-refractivity contribution >= 4 is 34.5 Å². The van der Waals surface area contributed by atoms with Gasteiger partial charge in [-0.05, 0) is 38.1 Å². The lowest BCUT2D eigenvalue weighted by atomic mass is 10.2. The van der Waals surface area contributed by atoms with Crippen molar-refractivity contribution in [2.24, 2.45) is 0 Å². The molecule has 0 saturated carbocycles. The first-order valence-electron chi connectivity index (χ1n) is 9.63. The minimum atomic E-state index is -0.486. The van der Waals surface area contributed by atoms with Crippen molar-refractivity contribution in [1.29, 1.82) is 0 Å². The van der Waals surface area contributed by atoms with Crippen LogP contribution in [0, 0.1) is 13.8 Å². The summed E-state index contributed by atoms with van der Waals surface area (Å²) in [5, 5.41) is 4.90. The number of benzene rings is 2. The van der Waals surface area contributed by atoms with Gasteiger partial charge in [-0.1, -0.05) is 41.6 Å². The minimum absolute atomic E-state index is 0.222. The van der Waals surface area contributed by atoms with E-state index < -0.39 is 11.8 Å². The Labute approximate surface area is 183 Å². The topological polar surface area (TPSA) is 97.1 Å². The van der Waals surface area contributed by atoms with E-state index in [9.17, 15) is 9.59 Å². The van der Waals surface area contributed by atoms with E-state index in [0.29, 0.717) is 16.8 Å². The Morgan fingerprint density at radius 3 is 2.48 bits per heavy atom. The van der Waals surface area contributed by atoms with Crippen molar-refractivity contribution in [1.82, 2.24) is 21.0 Å². The number of nitrogens with zero attached hydrogens (tertiary/aromatic N) is 2. The lowest BCUT2D eigenvalue weighted by Crippen LogP contribution is -2.42. The maximum atomic E-state index is 12.7. The summed E-state index contributed by atoms with van der Waals surface area (Å²) in [5.41, 5.74) is 8.16. The fraction of sp³-hybridized carbons (Fsp3) is 0.130. The van der Waals surface area contributed by atoms with Gasteiger partial charge in [0.2, 0.25) is 0 Å². The van der Waals surface area contributed by atoms with Crippen molar-refractivity contribution in [3.05, 3.63) is 88.9 Å². The van der Waals surface area contributed by atoms with Gasteiger partial charge >= 0.3 is 0 Å². The Balaban J connectivity index is 1.43. The first kappa shape index (κ1) is 20.6. The van der Waals surface area contributed by atoms with Crippen LogP contribution in [0.1, 0.15) is 37.9 Å². The standard InChI is InChI=1S/C23H20N4O3S/c1-14-18(15(2)30-27-14)13-31-21-10-6-4-8-17(21)22(28)25-26-23(29)20-12-11-16-7-3-5-9-19(16)24-20/h3-12H,13H2,1-2H3,(H,25,28)(H,26,29). The zero-order valence-electron chi connectivity index (χ0n) is 17.0. The number of carbonyl (C=O) groups is 2. The number of aromatic nitrogens is 2. The van der Waals surface area contributed by atoms with Crippen LogP contribution in [0.4, 0.5) is 0 Å². The smallest absolute Gasteiger partial charge is 0.288 e. The molecule has 2 N–H and O–H groups in total. The highest BCUT2D eigenvalue weighted by molar-refractivity contribution is 7.98. The quantitative estimate of drug-likeness (QED) is 0.362. The number of pyridine rings is 1. The van der Waals surface area contributed by atoms with E-state index in [-0.39, 0.29) is 5.69 Å². The zero-order valence-corrected chi connectivity index (χ0v) is 17.8. The summed E-state index contributed by atoms with van der Waals surface area (Å²) in [6, 6.07) is 18.2. The number of nitrogens with one attached hydrogen (secondary N) is 2. The van der Waals surface area contributed by atoms with Gasteiger partial charge in [-0.25, -0.2) is 4.98 Å². The predicted molar refractivity (Wildman–Crippen MR) is 119 cm³/mol. The van der Waals surface area contributed by atoms with Gasteiger partial charge in [0.25, 0.3) is 11.8 Å². The molecule has 2 aromatic carbocycles. The molecule has 0 fully saturated rings. The number of hydrazine groups is 1. The third-order valence-corrected chi connectivity index (χ3v) is 5.91. The fourth-order valence-corrected chi connectivity index (χ4v) is 4.28. The second-order valence-corrected chi connectivity index (χ2v) is 7.90. The summed E-state index contributed by atoms with van der Waals surface area (Å²) >= 11 is 1.51. The van der Waals surface area contributed by atoms with Gasteiger partial charge in [-0.2, -0.15) is 0 Å². The molecule has 0 radical (unpaired) electrons. The molecule has 2 heterocycles. The number of para-hydroxylation sites is 1. The van der Waals surface area contributed by atoms with Gasteiger partial charge in [0.15, 0.2) is 0 Å². The summed E-state index contributed by atoms with van der Waals surface area (Å²) in [6.45, 7) is 3.76. The van der Waals surface area contributed by atoms with E-state index in [1.165, 1.54) is 11.8 Å². The molecule has 8 heteroatoms. The van der Waals surface area contributed by atoms with Gasteiger partial charge < -0.3 is 4.52 Å². The van der Waals surface area contributed by atoms with Crippen molar-refractivity contribution in [2.45, 2.75) is 24.5 Å². The molecule has 2 aromatic heterocycles. The minimum Gasteiger partial charge on any atom is -0.361 e. The van der Waals surface area contributed by atoms with Crippen molar-refractivity contribution in [3.8, 4) is 0 Å². The van der Waals surface area contributed by atoms with Crippen LogP contribution in [0.15, 0.2) is 70.1 Å². The number of amides is 2. The molecule has 7 nitrogen and oxygen atoms in total. The second kappa shape index (κ2) is 9.01. The highest BCUT2D eigenvalue weighted by atomic mass is 32.2. The number of aryl methyl sites for hydroxylation is 2. The number of hydrogen-bond acceptors (Lipinski definition) is 6. The van der Waals surface area contributed by atoms with Crippen molar-refractivity contribution in [2.75, 3.05) is 0 Å². The fourth-order valence-electron chi connectivity index (χ4n) is 3.08.